The molecule has 0 atom stereocenters. The lowest BCUT2D eigenvalue weighted by Gasteiger charge is -2.28. The molecule has 0 saturated carbocycles. The van der Waals surface area contributed by atoms with Crippen LogP contribution in [-0.2, 0) is 40.0 Å². The molecular formula is C40H34N2O6S2. The van der Waals surface area contributed by atoms with Gasteiger partial charge in [-0.05, 0) is 99.2 Å². The summed E-state index contributed by atoms with van der Waals surface area (Å²) < 4.78 is 7.54. The van der Waals surface area contributed by atoms with Gasteiger partial charge in [0.1, 0.15) is 11.1 Å². The summed E-state index contributed by atoms with van der Waals surface area (Å²) in [5.41, 5.74) is 2.84. The molecule has 3 N–H and O–H groups in total. The largest absolute Gasteiger partial charge is 0.479 e. The van der Waals surface area contributed by atoms with Gasteiger partial charge in [0.15, 0.2) is 0 Å². The molecule has 2 aromatic heterocycles. The van der Waals surface area contributed by atoms with Crippen LogP contribution in [0.1, 0.15) is 49.9 Å². The van der Waals surface area contributed by atoms with Crippen LogP contribution in [0, 0.1) is 0 Å². The van der Waals surface area contributed by atoms with Crippen molar-refractivity contribution in [3.63, 3.8) is 0 Å². The van der Waals surface area contributed by atoms with E-state index in [2.05, 4.69) is 10.6 Å². The first-order valence-corrected chi connectivity index (χ1v) is 18.1. The van der Waals surface area contributed by atoms with E-state index in [1.165, 1.54) is 0 Å². The number of carbonyl (C=O) groups is 4. The second kappa shape index (κ2) is 13.5. The highest BCUT2D eigenvalue weighted by Gasteiger charge is 2.47. The molecule has 6 aromatic rings. The molecule has 2 amide bonds. The Morgan fingerprint density at radius 1 is 0.640 bits per heavy atom. The lowest BCUT2D eigenvalue weighted by atomic mass is 9.95. The summed E-state index contributed by atoms with van der Waals surface area (Å²) >= 11 is 3.25. The minimum absolute atomic E-state index is 0.251. The van der Waals surface area contributed by atoms with Gasteiger partial charge < -0.3 is 20.5 Å². The average molecular weight is 703 g/mol. The Kier molecular flexibility index (Phi) is 8.98. The van der Waals surface area contributed by atoms with Gasteiger partial charge in [-0.3, -0.25) is 9.59 Å². The number of amides is 2. The van der Waals surface area contributed by atoms with Crippen LogP contribution in [0.25, 0.3) is 20.2 Å². The van der Waals surface area contributed by atoms with Crippen molar-refractivity contribution in [1.82, 2.24) is 10.6 Å². The predicted octanol–water partition coefficient (Wildman–Crippen LogP) is 6.99. The number of hydrogen-bond acceptors (Lipinski definition) is 7. The molecule has 2 aliphatic carbocycles. The molecule has 0 radical (unpaired) electrons. The van der Waals surface area contributed by atoms with E-state index < -0.39 is 17.0 Å². The van der Waals surface area contributed by atoms with Crippen LogP contribution in [0.3, 0.4) is 0 Å². The molecule has 0 aliphatic heterocycles. The van der Waals surface area contributed by atoms with Crippen LogP contribution in [0.2, 0.25) is 0 Å². The SMILES string of the molecule is CCOC(=O)C1(NC(=O)c2ccc3sccc3c2)Cc2ccccc2C1.O=C(NC1(C(=O)O)Cc2ccccc2C1)c1ccc2sccc2c1. The fraction of sp³-hybridized carbons (Fsp3) is 0.200. The summed E-state index contributed by atoms with van der Waals surface area (Å²) in [5, 5.41) is 21.5. The first kappa shape index (κ1) is 33.2. The highest BCUT2D eigenvalue weighted by molar-refractivity contribution is 7.17. The molecule has 2 aliphatic rings. The van der Waals surface area contributed by atoms with E-state index in [0.29, 0.717) is 36.8 Å². The van der Waals surface area contributed by atoms with Crippen molar-refractivity contribution < 1.29 is 29.0 Å². The highest BCUT2D eigenvalue weighted by atomic mass is 32.1. The topological polar surface area (TPSA) is 122 Å². The van der Waals surface area contributed by atoms with E-state index in [-0.39, 0.29) is 24.4 Å². The van der Waals surface area contributed by atoms with Gasteiger partial charge in [0.2, 0.25) is 0 Å². The number of fused-ring (bicyclic) bond motifs is 4. The summed E-state index contributed by atoms with van der Waals surface area (Å²) in [7, 11) is 0. The van der Waals surface area contributed by atoms with Crippen molar-refractivity contribution in [2.45, 2.75) is 43.7 Å². The molecule has 50 heavy (non-hydrogen) atoms. The Morgan fingerprint density at radius 3 is 1.48 bits per heavy atom. The van der Waals surface area contributed by atoms with Crippen LogP contribution >= 0.6 is 22.7 Å². The fourth-order valence-electron chi connectivity index (χ4n) is 6.87. The lowest BCUT2D eigenvalue weighted by Crippen LogP contribution is -2.56. The molecule has 0 fully saturated rings. The minimum Gasteiger partial charge on any atom is -0.479 e. The van der Waals surface area contributed by atoms with Gasteiger partial charge in [-0.1, -0.05) is 48.5 Å². The third kappa shape index (κ3) is 6.39. The standard InChI is InChI=1S/C21H19NO3S.C19H15NO3S/c1-2-25-20(24)21(12-16-5-3-4-6-17(16)13-21)22-19(23)15-7-8-18-14(11-15)9-10-26-18;21-17(13-5-6-16-12(9-13)7-8-24-16)20-19(18(22)23)10-14-3-1-2-4-15(14)11-19/h3-11H,2,12-13H2,1H3,(H,22,23);1-9H,10-11H2,(H,20,21)(H,22,23). The Bertz CT molecular complexity index is 2220. The number of carboxylic acid groups (broad SMARTS) is 1. The second-order valence-electron chi connectivity index (χ2n) is 12.7. The van der Waals surface area contributed by atoms with Gasteiger partial charge in [0, 0.05) is 46.2 Å². The summed E-state index contributed by atoms with van der Waals surface area (Å²) in [6.07, 6.45) is 1.53. The zero-order valence-corrected chi connectivity index (χ0v) is 28.9. The molecule has 252 valence electrons. The number of esters is 1. The maximum absolute atomic E-state index is 12.9. The van der Waals surface area contributed by atoms with E-state index in [4.69, 9.17) is 4.74 Å². The molecular weight excluding hydrogens is 669 g/mol. The number of nitrogens with one attached hydrogen (secondary N) is 2. The van der Waals surface area contributed by atoms with E-state index >= 15 is 0 Å². The van der Waals surface area contributed by atoms with Crippen molar-refractivity contribution in [2.75, 3.05) is 6.61 Å². The monoisotopic (exact) mass is 702 g/mol. The van der Waals surface area contributed by atoms with Crippen molar-refractivity contribution in [3.8, 4) is 0 Å². The number of carboxylic acids is 1. The quantitative estimate of drug-likeness (QED) is 0.154. The number of ether oxygens (including phenoxy) is 1. The average Bonchev–Trinajstić information content (AvgIpc) is 3.92. The Morgan fingerprint density at radius 2 is 1.06 bits per heavy atom. The predicted molar refractivity (Wildman–Crippen MR) is 196 cm³/mol. The Balaban J connectivity index is 0.000000157. The summed E-state index contributed by atoms with van der Waals surface area (Å²) in [5.74, 6) is -1.97. The van der Waals surface area contributed by atoms with E-state index in [9.17, 15) is 24.3 Å². The number of rotatable bonds is 7. The number of aliphatic carboxylic acids is 1. The van der Waals surface area contributed by atoms with E-state index in [0.717, 1.165) is 42.4 Å². The summed E-state index contributed by atoms with van der Waals surface area (Å²) in [6.45, 7) is 2.06. The van der Waals surface area contributed by atoms with Gasteiger partial charge in [-0.2, -0.15) is 0 Å². The summed E-state index contributed by atoms with van der Waals surface area (Å²) in [6, 6.07) is 30.5. The third-order valence-corrected chi connectivity index (χ3v) is 11.2. The Hall–Kier alpha value is -5.32. The van der Waals surface area contributed by atoms with Crippen molar-refractivity contribution in [3.05, 3.63) is 141 Å². The van der Waals surface area contributed by atoms with Crippen LogP contribution in [0.15, 0.2) is 108 Å². The van der Waals surface area contributed by atoms with Crippen LogP contribution < -0.4 is 10.6 Å². The normalized spacial score (nSPS) is 15.0. The number of carbonyl (C=O) groups excluding carboxylic acids is 3. The smallest absolute Gasteiger partial charge is 0.332 e. The molecule has 8 rings (SSSR count). The minimum atomic E-state index is -1.27. The maximum atomic E-state index is 12.9. The van der Waals surface area contributed by atoms with E-state index in [1.807, 2.05) is 89.6 Å². The summed E-state index contributed by atoms with van der Waals surface area (Å²) in [4.78, 5) is 50.2. The van der Waals surface area contributed by atoms with Crippen LogP contribution in [0.4, 0.5) is 0 Å². The second-order valence-corrected chi connectivity index (χ2v) is 14.6. The molecule has 0 unspecified atom stereocenters. The number of benzene rings is 4. The third-order valence-electron chi connectivity index (χ3n) is 9.42. The molecule has 8 nitrogen and oxygen atoms in total. The van der Waals surface area contributed by atoms with E-state index in [1.54, 1.807) is 47.8 Å². The lowest BCUT2D eigenvalue weighted by molar-refractivity contribution is -0.150. The zero-order chi connectivity index (χ0) is 34.9. The van der Waals surface area contributed by atoms with Gasteiger partial charge in [0.25, 0.3) is 11.8 Å². The van der Waals surface area contributed by atoms with Gasteiger partial charge in [-0.25, -0.2) is 9.59 Å². The number of thiophene rings is 2. The van der Waals surface area contributed by atoms with Crippen molar-refractivity contribution in [1.29, 1.82) is 0 Å². The van der Waals surface area contributed by atoms with Gasteiger partial charge in [-0.15, -0.1) is 22.7 Å². The highest BCUT2D eigenvalue weighted by Crippen LogP contribution is 2.33. The Labute approximate surface area is 296 Å². The maximum Gasteiger partial charge on any atom is 0.332 e. The zero-order valence-electron chi connectivity index (χ0n) is 27.2. The fourth-order valence-corrected chi connectivity index (χ4v) is 8.41. The van der Waals surface area contributed by atoms with Crippen molar-refractivity contribution in [2.24, 2.45) is 0 Å². The van der Waals surface area contributed by atoms with Gasteiger partial charge >= 0.3 is 11.9 Å². The first-order chi connectivity index (χ1) is 24.2. The molecule has 0 spiro atoms. The molecule has 0 bridgehead atoms. The van der Waals surface area contributed by atoms with Crippen LogP contribution in [0.5, 0.6) is 0 Å². The molecule has 4 aromatic carbocycles. The molecule has 0 saturated heterocycles. The van der Waals surface area contributed by atoms with Crippen molar-refractivity contribution >= 4 is 66.6 Å². The molecule has 10 heteroatoms. The molecule has 2 heterocycles. The first-order valence-electron chi connectivity index (χ1n) is 16.3. The van der Waals surface area contributed by atoms with Gasteiger partial charge in [0.05, 0.1) is 6.61 Å². The van der Waals surface area contributed by atoms with Crippen LogP contribution in [-0.4, -0.2) is 46.5 Å². The number of hydrogen-bond donors (Lipinski definition) is 3.